The van der Waals surface area contributed by atoms with Gasteiger partial charge in [0.1, 0.15) is 5.82 Å². The number of imidazole rings is 1. The first-order valence-corrected chi connectivity index (χ1v) is 9.73. The number of hydrogen-bond donors (Lipinski definition) is 0. The molecule has 1 aliphatic rings. The SMILES string of the molecule is CCN(CC)CCn1c(C2CCCCC2)nc2cc(C(F)(F)F)ccc21. The van der Waals surface area contributed by atoms with Crippen LogP contribution in [0.1, 0.15) is 63.3 Å². The summed E-state index contributed by atoms with van der Waals surface area (Å²) in [6, 6.07) is 3.98. The Morgan fingerprint density at radius 2 is 1.81 bits per heavy atom. The first-order chi connectivity index (χ1) is 12.4. The van der Waals surface area contributed by atoms with Gasteiger partial charge in [-0.3, -0.25) is 0 Å². The molecule has 0 saturated heterocycles. The molecule has 2 aromatic rings. The van der Waals surface area contributed by atoms with Crippen LogP contribution in [-0.4, -0.2) is 34.1 Å². The topological polar surface area (TPSA) is 21.1 Å². The molecule has 0 spiro atoms. The lowest BCUT2D eigenvalue weighted by atomic mass is 9.88. The van der Waals surface area contributed by atoms with Crippen LogP contribution in [0.2, 0.25) is 0 Å². The predicted octanol–water partition coefficient (Wildman–Crippen LogP) is 5.44. The highest BCUT2D eigenvalue weighted by Gasteiger charge is 2.31. The Kier molecular flexibility index (Phi) is 5.90. The third-order valence-electron chi connectivity index (χ3n) is 5.61. The van der Waals surface area contributed by atoms with E-state index < -0.39 is 11.7 Å². The van der Waals surface area contributed by atoms with Crippen LogP contribution in [0.4, 0.5) is 13.2 Å². The molecule has 1 aliphatic carbocycles. The average molecular weight is 367 g/mol. The van der Waals surface area contributed by atoms with Gasteiger partial charge in [0.05, 0.1) is 16.6 Å². The van der Waals surface area contributed by atoms with Gasteiger partial charge in [0.2, 0.25) is 0 Å². The largest absolute Gasteiger partial charge is 0.416 e. The monoisotopic (exact) mass is 367 g/mol. The molecule has 1 aromatic carbocycles. The van der Waals surface area contributed by atoms with Gasteiger partial charge in [-0.15, -0.1) is 0 Å². The fourth-order valence-electron chi connectivity index (χ4n) is 4.01. The molecule has 1 aromatic heterocycles. The van der Waals surface area contributed by atoms with Crippen molar-refractivity contribution in [2.24, 2.45) is 0 Å². The smallest absolute Gasteiger partial charge is 0.326 e. The molecule has 26 heavy (non-hydrogen) atoms. The molecular formula is C20H28F3N3. The molecule has 0 N–H and O–H groups in total. The zero-order valence-corrected chi connectivity index (χ0v) is 15.6. The number of hydrogen-bond acceptors (Lipinski definition) is 2. The van der Waals surface area contributed by atoms with E-state index in [1.165, 1.54) is 31.4 Å². The van der Waals surface area contributed by atoms with Crippen molar-refractivity contribution >= 4 is 11.0 Å². The van der Waals surface area contributed by atoms with E-state index in [0.29, 0.717) is 11.4 Å². The number of likely N-dealkylation sites (N-methyl/N-ethyl adjacent to an activating group) is 1. The van der Waals surface area contributed by atoms with Crippen LogP contribution in [-0.2, 0) is 12.7 Å². The molecule has 144 valence electrons. The maximum absolute atomic E-state index is 13.1. The fourth-order valence-corrected chi connectivity index (χ4v) is 4.01. The van der Waals surface area contributed by atoms with Gasteiger partial charge >= 0.3 is 6.18 Å². The van der Waals surface area contributed by atoms with Crippen LogP contribution in [0, 0.1) is 0 Å². The van der Waals surface area contributed by atoms with Gasteiger partial charge < -0.3 is 9.47 Å². The number of alkyl halides is 3. The fraction of sp³-hybridized carbons (Fsp3) is 0.650. The number of rotatable bonds is 6. The van der Waals surface area contributed by atoms with Crippen molar-refractivity contribution in [1.29, 1.82) is 0 Å². The zero-order valence-electron chi connectivity index (χ0n) is 15.6. The van der Waals surface area contributed by atoms with Crippen molar-refractivity contribution < 1.29 is 13.2 Å². The third kappa shape index (κ3) is 4.05. The first kappa shape index (κ1) is 19.2. The van der Waals surface area contributed by atoms with Gasteiger partial charge in [-0.05, 0) is 44.1 Å². The lowest BCUT2D eigenvalue weighted by molar-refractivity contribution is -0.137. The first-order valence-electron chi connectivity index (χ1n) is 9.73. The molecule has 3 nitrogen and oxygen atoms in total. The van der Waals surface area contributed by atoms with Gasteiger partial charge in [0.25, 0.3) is 0 Å². The van der Waals surface area contributed by atoms with E-state index in [0.717, 1.165) is 50.4 Å². The van der Waals surface area contributed by atoms with Gasteiger partial charge in [-0.25, -0.2) is 4.98 Å². The Balaban J connectivity index is 1.99. The number of halogens is 3. The van der Waals surface area contributed by atoms with Crippen LogP contribution < -0.4 is 0 Å². The molecule has 6 heteroatoms. The van der Waals surface area contributed by atoms with Crippen LogP contribution in [0.15, 0.2) is 18.2 Å². The Hall–Kier alpha value is -1.56. The molecule has 0 atom stereocenters. The van der Waals surface area contributed by atoms with Crippen molar-refractivity contribution in [2.75, 3.05) is 19.6 Å². The summed E-state index contributed by atoms with van der Waals surface area (Å²) in [7, 11) is 0. The predicted molar refractivity (Wildman–Crippen MR) is 98.3 cm³/mol. The molecular weight excluding hydrogens is 339 g/mol. The third-order valence-corrected chi connectivity index (χ3v) is 5.61. The normalized spacial score (nSPS) is 16.7. The maximum atomic E-state index is 13.1. The van der Waals surface area contributed by atoms with Crippen LogP contribution in [0.3, 0.4) is 0 Å². The van der Waals surface area contributed by atoms with Crippen molar-refractivity contribution in [1.82, 2.24) is 14.5 Å². The van der Waals surface area contributed by atoms with Gasteiger partial charge in [0, 0.05) is 19.0 Å². The zero-order chi connectivity index (χ0) is 18.7. The minimum atomic E-state index is -4.33. The molecule has 0 bridgehead atoms. The second-order valence-corrected chi connectivity index (χ2v) is 7.18. The summed E-state index contributed by atoms with van der Waals surface area (Å²) >= 11 is 0. The average Bonchev–Trinajstić information content (AvgIpc) is 3.00. The summed E-state index contributed by atoms with van der Waals surface area (Å²) < 4.78 is 41.4. The summed E-state index contributed by atoms with van der Waals surface area (Å²) in [5.74, 6) is 1.34. The Morgan fingerprint density at radius 3 is 2.42 bits per heavy atom. The summed E-state index contributed by atoms with van der Waals surface area (Å²) in [4.78, 5) is 7.02. The second kappa shape index (κ2) is 7.99. The molecule has 1 heterocycles. The van der Waals surface area contributed by atoms with Gasteiger partial charge in [0.15, 0.2) is 0 Å². The highest BCUT2D eigenvalue weighted by Crippen LogP contribution is 2.36. The summed E-state index contributed by atoms with van der Waals surface area (Å²) in [6.45, 7) is 7.87. The molecule has 3 rings (SSSR count). The number of aromatic nitrogens is 2. The number of benzene rings is 1. The lowest BCUT2D eigenvalue weighted by Gasteiger charge is -2.24. The summed E-state index contributed by atoms with van der Waals surface area (Å²) in [5, 5.41) is 0. The Morgan fingerprint density at radius 1 is 1.12 bits per heavy atom. The summed E-state index contributed by atoms with van der Waals surface area (Å²) in [6.07, 6.45) is 1.44. The van der Waals surface area contributed by atoms with Crippen molar-refractivity contribution in [3.8, 4) is 0 Å². The van der Waals surface area contributed by atoms with Crippen LogP contribution in [0.25, 0.3) is 11.0 Å². The van der Waals surface area contributed by atoms with E-state index in [-0.39, 0.29) is 0 Å². The van der Waals surface area contributed by atoms with E-state index in [4.69, 9.17) is 0 Å². The van der Waals surface area contributed by atoms with E-state index in [1.807, 2.05) is 0 Å². The Labute approximate surface area is 153 Å². The lowest BCUT2D eigenvalue weighted by Crippen LogP contribution is -2.28. The van der Waals surface area contributed by atoms with E-state index >= 15 is 0 Å². The number of nitrogens with zero attached hydrogens (tertiary/aromatic N) is 3. The quantitative estimate of drug-likeness (QED) is 0.677. The standard InChI is InChI=1S/C20H28F3N3/c1-3-25(4-2)12-13-26-18-11-10-16(20(21,22)23)14-17(18)24-19(26)15-8-6-5-7-9-15/h10-11,14-15H,3-9,12-13H2,1-2H3. The number of fused-ring (bicyclic) bond motifs is 1. The van der Waals surface area contributed by atoms with Crippen molar-refractivity contribution in [3.05, 3.63) is 29.6 Å². The Bertz CT molecular complexity index is 726. The molecule has 1 saturated carbocycles. The van der Waals surface area contributed by atoms with E-state index in [1.54, 1.807) is 6.07 Å². The molecule has 1 fully saturated rings. The van der Waals surface area contributed by atoms with E-state index in [2.05, 4.69) is 28.3 Å². The molecule has 0 radical (unpaired) electrons. The van der Waals surface area contributed by atoms with Crippen LogP contribution in [0.5, 0.6) is 0 Å². The summed E-state index contributed by atoms with van der Waals surface area (Å²) in [5.41, 5.74) is 0.680. The molecule has 0 aliphatic heterocycles. The van der Waals surface area contributed by atoms with E-state index in [9.17, 15) is 13.2 Å². The molecule has 0 unspecified atom stereocenters. The second-order valence-electron chi connectivity index (χ2n) is 7.18. The highest BCUT2D eigenvalue weighted by molar-refractivity contribution is 5.77. The minimum absolute atomic E-state index is 0.363. The molecule has 0 amide bonds. The van der Waals surface area contributed by atoms with Crippen molar-refractivity contribution in [3.63, 3.8) is 0 Å². The minimum Gasteiger partial charge on any atom is -0.326 e. The highest BCUT2D eigenvalue weighted by atomic mass is 19.4. The van der Waals surface area contributed by atoms with Crippen molar-refractivity contribution in [2.45, 2.75) is 64.6 Å². The van der Waals surface area contributed by atoms with Crippen LogP contribution >= 0.6 is 0 Å². The maximum Gasteiger partial charge on any atom is 0.416 e. The van der Waals surface area contributed by atoms with Gasteiger partial charge in [-0.2, -0.15) is 13.2 Å². The van der Waals surface area contributed by atoms with Gasteiger partial charge in [-0.1, -0.05) is 33.1 Å².